The molecule has 2 nitrogen and oxygen atoms in total. The van der Waals surface area contributed by atoms with E-state index < -0.39 is 11.6 Å². The van der Waals surface area contributed by atoms with Crippen LogP contribution in [-0.2, 0) is 11.3 Å². The Hall–Kier alpha value is -1.16. The predicted octanol–water partition coefficient (Wildman–Crippen LogP) is 2.60. The Morgan fingerprint density at radius 3 is 2.81 bits per heavy atom. The van der Waals surface area contributed by atoms with Crippen molar-refractivity contribution < 1.29 is 13.6 Å². The van der Waals surface area contributed by atoms with E-state index in [9.17, 15) is 13.6 Å². The highest BCUT2D eigenvalue weighted by Gasteiger charge is 2.05. The smallest absolute Gasteiger partial charge is 0.220 e. The zero-order valence-corrected chi connectivity index (χ0v) is 9.36. The third kappa shape index (κ3) is 4.14. The quantitative estimate of drug-likeness (QED) is 0.797. The van der Waals surface area contributed by atoms with Crippen molar-refractivity contribution in [3.05, 3.63) is 35.4 Å². The zero-order chi connectivity index (χ0) is 12.0. The van der Waals surface area contributed by atoms with Gasteiger partial charge >= 0.3 is 0 Å². The van der Waals surface area contributed by atoms with Gasteiger partial charge in [0.2, 0.25) is 5.91 Å². The molecule has 1 N–H and O–H groups in total. The van der Waals surface area contributed by atoms with Gasteiger partial charge in [0.15, 0.2) is 0 Å². The van der Waals surface area contributed by atoms with E-state index in [1.165, 1.54) is 0 Å². The first-order valence-corrected chi connectivity index (χ1v) is 5.43. The summed E-state index contributed by atoms with van der Waals surface area (Å²) in [6.07, 6.45) is 0.861. The SMILES string of the molecule is O=C(CCCCl)NCc1cc(F)ccc1F. The molecule has 88 valence electrons. The van der Waals surface area contributed by atoms with Gasteiger partial charge in [-0.05, 0) is 24.6 Å². The fraction of sp³-hybridized carbons (Fsp3) is 0.364. The number of nitrogens with one attached hydrogen (secondary N) is 1. The van der Waals surface area contributed by atoms with Crippen LogP contribution in [0.2, 0.25) is 0 Å². The third-order valence-corrected chi connectivity index (χ3v) is 2.29. The van der Waals surface area contributed by atoms with Crippen LogP contribution in [0.1, 0.15) is 18.4 Å². The molecular weight excluding hydrogens is 236 g/mol. The number of rotatable bonds is 5. The molecule has 0 spiro atoms. The molecule has 0 heterocycles. The summed E-state index contributed by atoms with van der Waals surface area (Å²) < 4.78 is 25.9. The molecule has 1 amide bonds. The Labute approximate surface area is 97.6 Å². The standard InChI is InChI=1S/C11H12ClF2NO/c12-5-1-2-11(16)15-7-8-6-9(13)3-4-10(8)14/h3-4,6H,1-2,5,7H2,(H,15,16). The highest BCUT2D eigenvalue weighted by atomic mass is 35.5. The highest BCUT2D eigenvalue weighted by molar-refractivity contribution is 6.17. The molecule has 16 heavy (non-hydrogen) atoms. The van der Waals surface area contributed by atoms with E-state index in [1.54, 1.807) is 0 Å². The zero-order valence-electron chi connectivity index (χ0n) is 8.60. The van der Waals surface area contributed by atoms with E-state index >= 15 is 0 Å². The molecule has 0 bridgehead atoms. The minimum absolute atomic E-state index is 0.00921. The van der Waals surface area contributed by atoms with Gasteiger partial charge in [0.1, 0.15) is 11.6 Å². The average Bonchev–Trinajstić information content (AvgIpc) is 2.27. The fourth-order valence-electron chi connectivity index (χ4n) is 1.19. The Kier molecular flexibility index (Phi) is 5.19. The maximum Gasteiger partial charge on any atom is 0.220 e. The first-order valence-electron chi connectivity index (χ1n) is 4.90. The van der Waals surface area contributed by atoms with Gasteiger partial charge in [-0.15, -0.1) is 11.6 Å². The predicted molar refractivity (Wildman–Crippen MR) is 58.2 cm³/mol. The molecule has 0 aliphatic heterocycles. The van der Waals surface area contributed by atoms with Gasteiger partial charge in [0.05, 0.1) is 0 Å². The first-order chi connectivity index (χ1) is 7.63. The number of carbonyl (C=O) groups excluding carboxylic acids is 1. The van der Waals surface area contributed by atoms with Crippen molar-refractivity contribution >= 4 is 17.5 Å². The van der Waals surface area contributed by atoms with Crippen LogP contribution in [0.5, 0.6) is 0 Å². The summed E-state index contributed by atoms with van der Waals surface area (Å²) in [5, 5.41) is 2.50. The van der Waals surface area contributed by atoms with Gasteiger partial charge in [-0.1, -0.05) is 0 Å². The van der Waals surface area contributed by atoms with E-state index in [0.717, 1.165) is 18.2 Å². The monoisotopic (exact) mass is 247 g/mol. The summed E-state index contributed by atoms with van der Waals surface area (Å²) in [7, 11) is 0. The Bertz CT molecular complexity index is 371. The number of hydrogen-bond donors (Lipinski definition) is 1. The Morgan fingerprint density at radius 1 is 1.38 bits per heavy atom. The lowest BCUT2D eigenvalue weighted by Gasteiger charge is -2.05. The summed E-state index contributed by atoms with van der Waals surface area (Å²) >= 11 is 5.42. The van der Waals surface area contributed by atoms with Crippen LogP contribution in [-0.4, -0.2) is 11.8 Å². The largest absolute Gasteiger partial charge is 0.352 e. The molecule has 0 saturated heterocycles. The molecular formula is C11H12ClF2NO. The Morgan fingerprint density at radius 2 is 2.12 bits per heavy atom. The molecule has 0 unspecified atom stereocenters. The first kappa shape index (κ1) is 12.9. The molecule has 0 saturated carbocycles. The number of hydrogen-bond acceptors (Lipinski definition) is 1. The summed E-state index contributed by atoms with van der Waals surface area (Å²) in [5.74, 6) is -0.864. The third-order valence-electron chi connectivity index (χ3n) is 2.02. The van der Waals surface area contributed by atoms with Crippen molar-refractivity contribution in [3.63, 3.8) is 0 Å². The van der Waals surface area contributed by atoms with Gasteiger partial charge in [0, 0.05) is 24.4 Å². The van der Waals surface area contributed by atoms with Gasteiger partial charge in [-0.3, -0.25) is 4.79 Å². The number of halogens is 3. The van der Waals surface area contributed by atoms with E-state index in [0.29, 0.717) is 18.7 Å². The van der Waals surface area contributed by atoms with Crippen molar-refractivity contribution in [2.24, 2.45) is 0 Å². The number of amides is 1. The summed E-state index contributed by atoms with van der Waals surface area (Å²) in [4.78, 5) is 11.2. The summed E-state index contributed by atoms with van der Waals surface area (Å²) in [6, 6.07) is 3.14. The van der Waals surface area contributed by atoms with Gasteiger partial charge in [-0.2, -0.15) is 0 Å². The van der Waals surface area contributed by atoms with Gasteiger partial charge in [0.25, 0.3) is 0 Å². The molecule has 0 fully saturated rings. The van der Waals surface area contributed by atoms with Crippen molar-refractivity contribution in [2.75, 3.05) is 5.88 Å². The molecule has 5 heteroatoms. The van der Waals surface area contributed by atoms with Crippen molar-refractivity contribution in [3.8, 4) is 0 Å². The minimum Gasteiger partial charge on any atom is -0.352 e. The molecule has 1 aromatic carbocycles. The van der Waals surface area contributed by atoms with E-state index in [2.05, 4.69) is 5.32 Å². The lowest BCUT2D eigenvalue weighted by molar-refractivity contribution is -0.121. The normalized spacial score (nSPS) is 10.2. The van der Waals surface area contributed by atoms with Gasteiger partial charge < -0.3 is 5.32 Å². The number of alkyl halides is 1. The fourth-order valence-corrected chi connectivity index (χ4v) is 1.32. The van der Waals surface area contributed by atoms with Gasteiger partial charge in [-0.25, -0.2) is 8.78 Å². The van der Waals surface area contributed by atoms with Crippen LogP contribution >= 0.6 is 11.6 Å². The molecule has 0 radical (unpaired) electrons. The van der Waals surface area contributed by atoms with Crippen molar-refractivity contribution in [2.45, 2.75) is 19.4 Å². The highest BCUT2D eigenvalue weighted by Crippen LogP contribution is 2.09. The van der Waals surface area contributed by atoms with Crippen LogP contribution < -0.4 is 5.32 Å². The topological polar surface area (TPSA) is 29.1 Å². The van der Waals surface area contributed by atoms with E-state index in [1.807, 2.05) is 0 Å². The van der Waals surface area contributed by atoms with Crippen LogP contribution in [0.15, 0.2) is 18.2 Å². The van der Waals surface area contributed by atoms with Crippen molar-refractivity contribution in [1.82, 2.24) is 5.32 Å². The Balaban J connectivity index is 2.47. The second kappa shape index (κ2) is 6.43. The maximum atomic E-state index is 13.1. The number of carbonyl (C=O) groups is 1. The lowest BCUT2D eigenvalue weighted by atomic mass is 10.2. The second-order valence-corrected chi connectivity index (χ2v) is 3.68. The lowest BCUT2D eigenvalue weighted by Crippen LogP contribution is -2.23. The van der Waals surface area contributed by atoms with Crippen LogP contribution in [0, 0.1) is 11.6 Å². The molecule has 1 rings (SSSR count). The molecule has 0 atom stereocenters. The minimum atomic E-state index is -0.529. The van der Waals surface area contributed by atoms with Crippen LogP contribution in [0.25, 0.3) is 0 Å². The van der Waals surface area contributed by atoms with Crippen molar-refractivity contribution in [1.29, 1.82) is 0 Å². The number of benzene rings is 1. The molecule has 0 aromatic heterocycles. The maximum absolute atomic E-state index is 13.1. The second-order valence-electron chi connectivity index (χ2n) is 3.30. The van der Waals surface area contributed by atoms with Crippen LogP contribution in [0.3, 0.4) is 0 Å². The molecule has 0 aliphatic carbocycles. The summed E-state index contributed by atoms with van der Waals surface area (Å²) in [6.45, 7) is -0.00921. The summed E-state index contributed by atoms with van der Waals surface area (Å²) in [5.41, 5.74) is 0.138. The molecule has 1 aromatic rings. The van der Waals surface area contributed by atoms with Crippen LogP contribution in [0.4, 0.5) is 8.78 Å². The molecule has 0 aliphatic rings. The average molecular weight is 248 g/mol. The van der Waals surface area contributed by atoms with E-state index in [-0.39, 0.29) is 18.0 Å². The van der Waals surface area contributed by atoms with E-state index in [4.69, 9.17) is 11.6 Å².